The number of hydrogen-bond acceptors (Lipinski definition) is 8. The second-order valence-corrected chi connectivity index (χ2v) is 9.25. The Hall–Kier alpha value is -3.97. The Balaban J connectivity index is 2.24. The SMILES string of the molecule is CCC(C)C(NC(=O)C(N)C(C)O)C(=O)NC(Cc1cnc[nH]1)C(=O)NC(Cc1ccc(O)cc1)C(=O)O. The molecule has 0 bridgehead atoms. The molecule has 208 valence electrons. The van der Waals surface area contributed by atoms with Crippen molar-refractivity contribution in [3.05, 3.63) is 48.0 Å². The minimum absolute atomic E-state index is 0.0179. The van der Waals surface area contributed by atoms with Gasteiger partial charge in [0.1, 0.15) is 29.9 Å². The van der Waals surface area contributed by atoms with E-state index in [0.717, 1.165) is 0 Å². The van der Waals surface area contributed by atoms with Crippen molar-refractivity contribution < 1.29 is 34.5 Å². The molecule has 13 nitrogen and oxygen atoms in total. The molecule has 0 aliphatic rings. The molecule has 1 aromatic heterocycles. The summed E-state index contributed by atoms with van der Waals surface area (Å²) < 4.78 is 0. The van der Waals surface area contributed by atoms with Crippen LogP contribution in [-0.4, -0.2) is 79.2 Å². The zero-order valence-electron chi connectivity index (χ0n) is 21.5. The number of hydrogen-bond donors (Lipinski definition) is 8. The molecule has 0 fully saturated rings. The molecule has 0 saturated heterocycles. The maximum atomic E-state index is 13.3. The third kappa shape index (κ3) is 8.85. The van der Waals surface area contributed by atoms with Gasteiger partial charge in [0.25, 0.3) is 0 Å². The predicted molar refractivity (Wildman–Crippen MR) is 137 cm³/mol. The van der Waals surface area contributed by atoms with Gasteiger partial charge in [0.2, 0.25) is 17.7 Å². The lowest BCUT2D eigenvalue weighted by Gasteiger charge is -2.28. The Labute approximate surface area is 220 Å². The molecule has 13 heteroatoms. The Morgan fingerprint density at radius 2 is 1.61 bits per heavy atom. The highest BCUT2D eigenvalue weighted by molar-refractivity contribution is 5.94. The van der Waals surface area contributed by atoms with Gasteiger partial charge in [-0.15, -0.1) is 0 Å². The van der Waals surface area contributed by atoms with Crippen LogP contribution >= 0.6 is 0 Å². The van der Waals surface area contributed by atoms with E-state index in [9.17, 15) is 34.5 Å². The van der Waals surface area contributed by atoms with Crippen LogP contribution in [0, 0.1) is 5.92 Å². The summed E-state index contributed by atoms with van der Waals surface area (Å²) in [6.45, 7) is 4.91. The molecule has 0 saturated carbocycles. The Bertz CT molecular complexity index is 1070. The summed E-state index contributed by atoms with van der Waals surface area (Å²) in [4.78, 5) is 57.6. The van der Waals surface area contributed by atoms with E-state index in [4.69, 9.17) is 5.73 Å². The number of aromatic amines is 1. The van der Waals surface area contributed by atoms with E-state index in [1.54, 1.807) is 19.1 Å². The number of carbonyl (C=O) groups excluding carboxylic acids is 3. The monoisotopic (exact) mass is 532 g/mol. The highest BCUT2D eigenvalue weighted by atomic mass is 16.4. The van der Waals surface area contributed by atoms with Crippen LogP contribution in [0.25, 0.3) is 0 Å². The van der Waals surface area contributed by atoms with Crippen molar-refractivity contribution in [2.24, 2.45) is 11.7 Å². The van der Waals surface area contributed by atoms with E-state index < -0.39 is 54.0 Å². The fourth-order valence-corrected chi connectivity index (χ4v) is 3.60. The van der Waals surface area contributed by atoms with Gasteiger partial charge in [-0.3, -0.25) is 14.4 Å². The fourth-order valence-electron chi connectivity index (χ4n) is 3.60. The van der Waals surface area contributed by atoms with Gasteiger partial charge >= 0.3 is 5.97 Å². The number of benzene rings is 1. The predicted octanol–water partition coefficient (Wildman–Crippen LogP) is -0.806. The van der Waals surface area contributed by atoms with Crippen molar-refractivity contribution in [3.8, 4) is 5.75 Å². The van der Waals surface area contributed by atoms with Crippen molar-refractivity contribution in [3.63, 3.8) is 0 Å². The van der Waals surface area contributed by atoms with E-state index in [2.05, 4.69) is 25.9 Å². The largest absolute Gasteiger partial charge is 0.508 e. The van der Waals surface area contributed by atoms with Gasteiger partial charge in [-0.1, -0.05) is 32.4 Å². The van der Waals surface area contributed by atoms with Gasteiger partial charge < -0.3 is 42.0 Å². The van der Waals surface area contributed by atoms with Crippen molar-refractivity contribution in [2.45, 2.75) is 70.3 Å². The number of rotatable bonds is 14. The van der Waals surface area contributed by atoms with Crippen LogP contribution in [-0.2, 0) is 32.0 Å². The maximum absolute atomic E-state index is 13.3. The van der Waals surface area contributed by atoms with Crippen LogP contribution in [0.3, 0.4) is 0 Å². The van der Waals surface area contributed by atoms with E-state index in [1.807, 2.05) is 6.92 Å². The lowest BCUT2D eigenvalue weighted by Crippen LogP contribution is -2.60. The second kappa shape index (κ2) is 14.1. The molecule has 0 aliphatic carbocycles. The zero-order valence-corrected chi connectivity index (χ0v) is 21.5. The van der Waals surface area contributed by atoms with E-state index >= 15 is 0 Å². The lowest BCUT2D eigenvalue weighted by atomic mass is 9.96. The number of carboxylic acid groups (broad SMARTS) is 1. The quantitative estimate of drug-likeness (QED) is 0.152. The molecule has 2 aromatic rings. The first-order valence-electron chi connectivity index (χ1n) is 12.3. The second-order valence-electron chi connectivity index (χ2n) is 9.25. The highest BCUT2D eigenvalue weighted by Gasteiger charge is 2.33. The minimum Gasteiger partial charge on any atom is -0.508 e. The summed E-state index contributed by atoms with van der Waals surface area (Å²) in [7, 11) is 0. The van der Waals surface area contributed by atoms with Crippen LogP contribution in [0.5, 0.6) is 5.75 Å². The summed E-state index contributed by atoms with van der Waals surface area (Å²) in [6.07, 6.45) is 2.14. The van der Waals surface area contributed by atoms with Gasteiger partial charge in [0.05, 0.1) is 12.4 Å². The number of aliphatic hydroxyl groups is 1. The van der Waals surface area contributed by atoms with Crippen molar-refractivity contribution in [1.29, 1.82) is 0 Å². The van der Waals surface area contributed by atoms with E-state index in [-0.39, 0.29) is 24.5 Å². The van der Waals surface area contributed by atoms with Gasteiger partial charge in [-0.25, -0.2) is 9.78 Å². The molecule has 0 spiro atoms. The number of nitrogens with zero attached hydrogens (tertiary/aromatic N) is 1. The lowest BCUT2D eigenvalue weighted by molar-refractivity contribution is -0.142. The molecule has 9 N–H and O–H groups in total. The summed E-state index contributed by atoms with van der Waals surface area (Å²) in [5.41, 5.74) is 6.78. The Morgan fingerprint density at radius 3 is 2.13 bits per heavy atom. The number of nitrogens with one attached hydrogen (secondary N) is 4. The number of aliphatic carboxylic acids is 1. The van der Waals surface area contributed by atoms with Crippen LogP contribution in [0.15, 0.2) is 36.8 Å². The van der Waals surface area contributed by atoms with Crippen molar-refractivity contribution >= 4 is 23.7 Å². The van der Waals surface area contributed by atoms with Crippen LogP contribution in [0.4, 0.5) is 0 Å². The molecule has 6 unspecified atom stereocenters. The standard InChI is InChI=1S/C25H36N6O7/c1-4-13(2)21(31-23(35)20(26)14(3)32)24(36)29-18(10-16-11-27-12-28-16)22(34)30-19(25(37)38)9-15-5-7-17(33)8-6-15/h5-8,11-14,18-21,32-33H,4,9-10,26H2,1-3H3,(H,27,28)(H,29,36)(H,30,34)(H,31,35)(H,37,38). The summed E-state index contributed by atoms with van der Waals surface area (Å²) >= 11 is 0. The number of aliphatic hydroxyl groups excluding tert-OH is 1. The molecule has 6 atom stereocenters. The normalized spacial score (nSPS) is 15.8. The number of H-pyrrole nitrogens is 1. The highest BCUT2D eigenvalue weighted by Crippen LogP contribution is 2.13. The van der Waals surface area contributed by atoms with E-state index in [1.165, 1.54) is 31.6 Å². The third-order valence-electron chi connectivity index (χ3n) is 6.22. The first-order chi connectivity index (χ1) is 17.9. The van der Waals surface area contributed by atoms with Crippen LogP contribution in [0.1, 0.15) is 38.4 Å². The number of phenolic OH excluding ortho intramolecular Hbond substituents is 1. The first-order valence-corrected chi connectivity index (χ1v) is 12.3. The summed E-state index contributed by atoms with van der Waals surface area (Å²) in [6, 6.07) is 1.04. The van der Waals surface area contributed by atoms with Gasteiger partial charge in [0.15, 0.2) is 0 Å². The summed E-state index contributed by atoms with van der Waals surface area (Å²) in [5.74, 6) is -3.77. The number of nitrogens with two attached hydrogens (primary N) is 1. The third-order valence-corrected chi connectivity index (χ3v) is 6.22. The first kappa shape index (κ1) is 30.3. The van der Waals surface area contributed by atoms with Gasteiger partial charge in [-0.2, -0.15) is 0 Å². The number of carboxylic acids is 1. The number of aromatic nitrogens is 2. The molecule has 0 radical (unpaired) electrons. The summed E-state index contributed by atoms with van der Waals surface area (Å²) in [5, 5.41) is 36.4. The van der Waals surface area contributed by atoms with Crippen LogP contribution < -0.4 is 21.7 Å². The molecule has 38 heavy (non-hydrogen) atoms. The molecular weight excluding hydrogens is 496 g/mol. The van der Waals surface area contributed by atoms with Crippen molar-refractivity contribution in [1.82, 2.24) is 25.9 Å². The smallest absolute Gasteiger partial charge is 0.326 e. The molecule has 0 aliphatic heterocycles. The van der Waals surface area contributed by atoms with Gasteiger partial charge in [0, 0.05) is 24.7 Å². The van der Waals surface area contributed by atoms with Crippen molar-refractivity contribution in [2.75, 3.05) is 0 Å². The van der Waals surface area contributed by atoms with Crippen LogP contribution in [0.2, 0.25) is 0 Å². The topological polar surface area (TPSA) is 220 Å². The van der Waals surface area contributed by atoms with Gasteiger partial charge in [-0.05, 0) is 30.5 Å². The molecule has 3 amide bonds. The number of aromatic hydroxyl groups is 1. The molecule has 1 heterocycles. The number of phenols is 1. The number of imidazole rings is 1. The average Bonchev–Trinajstić information content (AvgIpc) is 3.39. The Kier molecular flexibility index (Phi) is 11.2. The Morgan fingerprint density at radius 1 is 0.974 bits per heavy atom. The fraction of sp³-hybridized carbons (Fsp3) is 0.480. The number of amides is 3. The average molecular weight is 533 g/mol. The van der Waals surface area contributed by atoms with E-state index in [0.29, 0.717) is 17.7 Å². The molecular formula is C25H36N6O7. The molecule has 1 aromatic carbocycles. The maximum Gasteiger partial charge on any atom is 0.326 e. The zero-order chi connectivity index (χ0) is 28.4. The minimum atomic E-state index is -1.32. The number of carbonyl (C=O) groups is 4. The molecule has 2 rings (SSSR count).